The van der Waals surface area contributed by atoms with Crippen LogP contribution >= 0.6 is 23.7 Å². The Balaban J connectivity index is 0.00000312. The average molecular weight is 404 g/mol. The van der Waals surface area contributed by atoms with E-state index < -0.39 is 10.0 Å². The smallest absolute Gasteiger partial charge is 0.251 e. The molecule has 0 radical (unpaired) electrons. The fraction of sp³-hybridized carbons (Fsp3) is 0.312. The number of thiophene rings is 1. The molecule has 0 aliphatic carbocycles. The fourth-order valence-electron chi connectivity index (χ4n) is 2.02. The Morgan fingerprint density at radius 2 is 1.84 bits per heavy atom. The molecule has 1 heterocycles. The number of benzene rings is 1. The van der Waals surface area contributed by atoms with E-state index in [9.17, 15) is 13.2 Å². The van der Waals surface area contributed by atoms with E-state index >= 15 is 0 Å². The molecular weight excluding hydrogens is 382 g/mol. The van der Waals surface area contributed by atoms with Gasteiger partial charge >= 0.3 is 0 Å². The van der Waals surface area contributed by atoms with Crippen molar-refractivity contribution in [2.45, 2.75) is 17.9 Å². The van der Waals surface area contributed by atoms with Crippen LogP contribution in [0.2, 0.25) is 0 Å². The molecule has 3 N–H and O–H groups in total. The first-order chi connectivity index (χ1) is 11.5. The zero-order valence-electron chi connectivity index (χ0n) is 13.8. The van der Waals surface area contributed by atoms with Gasteiger partial charge in [0.15, 0.2) is 0 Å². The van der Waals surface area contributed by atoms with Crippen LogP contribution in [0.4, 0.5) is 0 Å². The van der Waals surface area contributed by atoms with Gasteiger partial charge in [0, 0.05) is 23.5 Å². The molecule has 9 heteroatoms. The zero-order chi connectivity index (χ0) is 17.4. The number of sulfonamides is 1. The Bertz CT molecular complexity index is 747. The SMILES string of the molecule is CNCCCNC(=O)c1ccc(S(=O)(=O)NCc2cccs2)cc1.Cl. The Labute approximate surface area is 158 Å². The molecule has 0 spiro atoms. The number of hydrogen-bond donors (Lipinski definition) is 3. The lowest BCUT2D eigenvalue weighted by Gasteiger charge is -2.08. The molecular formula is C16H22ClN3O3S2. The number of halogens is 1. The summed E-state index contributed by atoms with van der Waals surface area (Å²) in [5.74, 6) is -0.207. The second-order valence-electron chi connectivity index (χ2n) is 5.14. The number of rotatable bonds is 9. The highest BCUT2D eigenvalue weighted by molar-refractivity contribution is 7.89. The molecule has 0 fully saturated rings. The van der Waals surface area contributed by atoms with E-state index in [2.05, 4.69) is 15.4 Å². The maximum Gasteiger partial charge on any atom is 0.251 e. The van der Waals surface area contributed by atoms with Crippen molar-refractivity contribution in [2.24, 2.45) is 0 Å². The highest BCUT2D eigenvalue weighted by Gasteiger charge is 2.15. The first-order valence-corrected chi connectivity index (χ1v) is 9.94. The minimum absolute atomic E-state index is 0. The molecule has 0 atom stereocenters. The van der Waals surface area contributed by atoms with Crippen LogP contribution in [0.15, 0.2) is 46.7 Å². The van der Waals surface area contributed by atoms with Crippen LogP contribution in [0.5, 0.6) is 0 Å². The van der Waals surface area contributed by atoms with Crippen molar-refractivity contribution in [3.05, 3.63) is 52.2 Å². The summed E-state index contributed by atoms with van der Waals surface area (Å²) >= 11 is 1.49. The summed E-state index contributed by atoms with van der Waals surface area (Å²) in [5, 5.41) is 7.69. The van der Waals surface area contributed by atoms with Crippen LogP contribution in [0.3, 0.4) is 0 Å². The van der Waals surface area contributed by atoms with Gasteiger partial charge in [0.2, 0.25) is 10.0 Å². The third kappa shape index (κ3) is 6.75. The minimum Gasteiger partial charge on any atom is -0.352 e. The van der Waals surface area contributed by atoms with Gasteiger partial charge in [0.1, 0.15) is 0 Å². The van der Waals surface area contributed by atoms with Crippen molar-refractivity contribution >= 4 is 39.7 Å². The second kappa shape index (κ2) is 10.5. The van der Waals surface area contributed by atoms with Crippen LogP contribution in [0, 0.1) is 0 Å². The molecule has 25 heavy (non-hydrogen) atoms. The largest absolute Gasteiger partial charge is 0.352 e. The van der Waals surface area contributed by atoms with E-state index in [1.807, 2.05) is 24.6 Å². The van der Waals surface area contributed by atoms with Gasteiger partial charge in [-0.25, -0.2) is 13.1 Å². The molecule has 2 aromatic rings. The van der Waals surface area contributed by atoms with E-state index in [0.29, 0.717) is 12.1 Å². The van der Waals surface area contributed by atoms with E-state index in [4.69, 9.17) is 0 Å². The van der Waals surface area contributed by atoms with Crippen molar-refractivity contribution in [1.29, 1.82) is 0 Å². The third-order valence-corrected chi connectivity index (χ3v) is 5.63. The average Bonchev–Trinajstić information content (AvgIpc) is 3.10. The van der Waals surface area contributed by atoms with Crippen molar-refractivity contribution in [3.8, 4) is 0 Å². The molecule has 138 valence electrons. The van der Waals surface area contributed by atoms with E-state index in [1.165, 1.54) is 35.6 Å². The summed E-state index contributed by atoms with van der Waals surface area (Å²) in [6, 6.07) is 9.67. The summed E-state index contributed by atoms with van der Waals surface area (Å²) in [6.07, 6.45) is 0.835. The molecule has 0 saturated carbocycles. The van der Waals surface area contributed by atoms with Crippen LogP contribution in [0.1, 0.15) is 21.7 Å². The third-order valence-electron chi connectivity index (χ3n) is 3.33. The highest BCUT2D eigenvalue weighted by atomic mass is 35.5. The molecule has 0 bridgehead atoms. The second-order valence-corrected chi connectivity index (χ2v) is 7.94. The first kappa shape index (κ1) is 21.6. The number of carbonyl (C=O) groups is 1. The standard InChI is InChI=1S/C16H21N3O3S2.ClH/c1-17-9-3-10-18-16(20)13-5-7-15(8-6-13)24(21,22)19-12-14-4-2-11-23-14;/h2,4-8,11,17,19H,3,9-10,12H2,1H3,(H,18,20);1H. The minimum atomic E-state index is -3.59. The topological polar surface area (TPSA) is 87.3 Å². The molecule has 1 aromatic heterocycles. The molecule has 1 aromatic carbocycles. The normalized spacial score (nSPS) is 10.9. The van der Waals surface area contributed by atoms with Gasteiger partial charge in [0.05, 0.1) is 4.90 Å². The molecule has 0 saturated heterocycles. The summed E-state index contributed by atoms with van der Waals surface area (Å²) in [7, 11) is -1.73. The number of nitrogens with one attached hydrogen (secondary N) is 3. The lowest BCUT2D eigenvalue weighted by Crippen LogP contribution is -2.27. The van der Waals surface area contributed by atoms with Crippen molar-refractivity contribution in [3.63, 3.8) is 0 Å². The van der Waals surface area contributed by atoms with Gasteiger partial charge in [0.25, 0.3) is 5.91 Å². The summed E-state index contributed by atoms with van der Waals surface area (Å²) in [5.41, 5.74) is 0.441. The Morgan fingerprint density at radius 1 is 1.12 bits per heavy atom. The predicted molar refractivity (Wildman–Crippen MR) is 103 cm³/mol. The van der Waals surface area contributed by atoms with Crippen molar-refractivity contribution < 1.29 is 13.2 Å². The zero-order valence-corrected chi connectivity index (χ0v) is 16.3. The molecule has 2 rings (SSSR count). The van der Waals surface area contributed by atoms with Crippen LogP contribution in [0.25, 0.3) is 0 Å². The van der Waals surface area contributed by atoms with Gasteiger partial charge in [-0.3, -0.25) is 4.79 Å². The van der Waals surface area contributed by atoms with Crippen LogP contribution in [-0.4, -0.2) is 34.5 Å². The Hall–Kier alpha value is -1.45. The number of carbonyl (C=O) groups excluding carboxylic acids is 1. The predicted octanol–water partition coefficient (Wildman–Crippen LogP) is 1.99. The molecule has 0 aliphatic rings. The van der Waals surface area contributed by atoms with Crippen molar-refractivity contribution in [2.75, 3.05) is 20.1 Å². The lowest BCUT2D eigenvalue weighted by molar-refractivity contribution is 0.0953. The Kier molecular flexibility index (Phi) is 9.09. The molecule has 6 nitrogen and oxygen atoms in total. The highest BCUT2D eigenvalue weighted by Crippen LogP contribution is 2.13. The van der Waals surface area contributed by atoms with E-state index in [1.54, 1.807) is 0 Å². The lowest BCUT2D eigenvalue weighted by atomic mass is 10.2. The monoisotopic (exact) mass is 403 g/mol. The van der Waals surface area contributed by atoms with Gasteiger partial charge in [-0.05, 0) is 55.7 Å². The fourth-order valence-corrected chi connectivity index (χ4v) is 3.76. The number of amides is 1. The van der Waals surface area contributed by atoms with E-state index in [0.717, 1.165) is 17.8 Å². The first-order valence-electron chi connectivity index (χ1n) is 7.58. The maximum absolute atomic E-state index is 12.2. The van der Waals surface area contributed by atoms with Crippen LogP contribution < -0.4 is 15.4 Å². The van der Waals surface area contributed by atoms with Gasteiger partial charge in [-0.15, -0.1) is 23.7 Å². The summed E-state index contributed by atoms with van der Waals surface area (Å²) < 4.78 is 27.0. The van der Waals surface area contributed by atoms with Gasteiger partial charge in [-0.2, -0.15) is 0 Å². The molecule has 0 aliphatic heterocycles. The van der Waals surface area contributed by atoms with Gasteiger partial charge in [-0.1, -0.05) is 6.07 Å². The maximum atomic E-state index is 12.2. The van der Waals surface area contributed by atoms with E-state index in [-0.39, 0.29) is 29.8 Å². The molecule has 0 unspecified atom stereocenters. The Morgan fingerprint density at radius 3 is 2.44 bits per heavy atom. The van der Waals surface area contributed by atoms with Gasteiger partial charge < -0.3 is 10.6 Å². The summed E-state index contributed by atoms with van der Waals surface area (Å²) in [4.78, 5) is 13.0. The number of hydrogen-bond acceptors (Lipinski definition) is 5. The van der Waals surface area contributed by atoms with Crippen molar-refractivity contribution in [1.82, 2.24) is 15.4 Å². The quantitative estimate of drug-likeness (QED) is 0.559. The van der Waals surface area contributed by atoms with Crippen LogP contribution in [-0.2, 0) is 16.6 Å². The molecule has 1 amide bonds. The summed E-state index contributed by atoms with van der Waals surface area (Å²) in [6.45, 7) is 1.66.